The fraction of sp³-hybridized carbons (Fsp3) is 0.200. The van der Waals surface area contributed by atoms with Crippen molar-refractivity contribution in [2.24, 2.45) is 0 Å². The summed E-state index contributed by atoms with van der Waals surface area (Å²) in [6.45, 7) is 1.57. The highest BCUT2D eigenvalue weighted by Gasteiger charge is 2.28. The van der Waals surface area contributed by atoms with Crippen LogP contribution in [0.1, 0.15) is 38.9 Å². The predicted octanol–water partition coefficient (Wildman–Crippen LogP) is 3.00. The SMILES string of the molecule is O=C1NCC(c2cccc(COCc3ccccc3)n2)c2[nH]ccc21. The lowest BCUT2D eigenvalue weighted by atomic mass is 9.94. The van der Waals surface area contributed by atoms with Crippen LogP contribution >= 0.6 is 0 Å². The molecule has 5 heteroatoms. The van der Waals surface area contributed by atoms with Gasteiger partial charge in [-0.2, -0.15) is 0 Å². The van der Waals surface area contributed by atoms with Crippen LogP contribution in [0.5, 0.6) is 0 Å². The van der Waals surface area contributed by atoms with Crippen molar-refractivity contribution in [2.75, 3.05) is 6.54 Å². The van der Waals surface area contributed by atoms with E-state index in [1.54, 1.807) is 6.20 Å². The third-order valence-corrected chi connectivity index (χ3v) is 4.39. The Balaban J connectivity index is 1.47. The molecule has 0 saturated carbocycles. The van der Waals surface area contributed by atoms with Crippen molar-refractivity contribution in [1.82, 2.24) is 15.3 Å². The highest BCUT2D eigenvalue weighted by molar-refractivity contribution is 5.96. The zero-order valence-corrected chi connectivity index (χ0v) is 13.7. The smallest absolute Gasteiger partial charge is 0.253 e. The van der Waals surface area contributed by atoms with Crippen molar-refractivity contribution < 1.29 is 9.53 Å². The molecule has 1 atom stereocenters. The molecule has 0 aliphatic carbocycles. The van der Waals surface area contributed by atoms with E-state index in [1.165, 1.54) is 0 Å². The second-order valence-electron chi connectivity index (χ2n) is 6.10. The minimum atomic E-state index is -0.0325. The number of hydrogen-bond acceptors (Lipinski definition) is 3. The molecule has 4 rings (SSSR count). The Labute approximate surface area is 146 Å². The number of carbonyl (C=O) groups is 1. The number of carbonyl (C=O) groups excluding carboxylic acids is 1. The van der Waals surface area contributed by atoms with Crippen LogP contribution < -0.4 is 5.32 Å². The number of aromatic nitrogens is 2. The number of aromatic amines is 1. The quantitative estimate of drug-likeness (QED) is 0.754. The number of pyridine rings is 1. The summed E-state index contributed by atoms with van der Waals surface area (Å²) < 4.78 is 5.78. The molecule has 1 aromatic carbocycles. The van der Waals surface area contributed by atoms with E-state index >= 15 is 0 Å². The topological polar surface area (TPSA) is 67.0 Å². The Kier molecular flexibility index (Phi) is 4.31. The molecule has 3 heterocycles. The lowest BCUT2D eigenvalue weighted by Crippen LogP contribution is -2.35. The number of benzene rings is 1. The Morgan fingerprint density at radius 1 is 1.04 bits per heavy atom. The highest BCUT2D eigenvalue weighted by Crippen LogP contribution is 2.27. The van der Waals surface area contributed by atoms with Gasteiger partial charge in [-0.25, -0.2) is 0 Å². The van der Waals surface area contributed by atoms with Crippen molar-refractivity contribution in [3.63, 3.8) is 0 Å². The zero-order chi connectivity index (χ0) is 17.1. The molecular formula is C20H19N3O2. The minimum Gasteiger partial charge on any atom is -0.370 e. The van der Waals surface area contributed by atoms with E-state index in [4.69, 9.17) is 9.72 Å². The number of H-pyrrole nitrogens is 1. The third kappa shape index (κ3) is 3.32. The van der Waals surface area contributed by atoms with Crippen LogP contribution in [0.25, 0.3) is 0 Å². The zero-order valence-electron chi connectivity index (χ0n) is 13.7. The summed E-state index contributed by atoms with van der Waals surface area (Å²) >= 11 is 0. The molecule has 2 aromatic heterocycles. The summed E-state index contributed by atoms with van der Waals surface area (Å²) in [7, 11) is 0. The number of hydrogen-bond donors (Lipinski definition) is 2. The standard InChI is InChI=1S/C20H19N3O2/c24-20-16-9-10-21-19(16)17(11-22-20)18-8-4-7-15(23-18)13-25-12-14-5-2-1-3-6-14/h1-10,17,21H,11-13H2,(H,22,24). The number of ether oxygens (including phenoxy) is 1. The fourth-order valence-corrected chi connectivity index (χ4v) is 3.13. The van der Waals surface area contributed by atoms with Gasteiger partial charge in [-0.3, -0.25) is 9.78 Å². The van der Waals surface area contributed by atoms with Gasteiger partial charge < -0.3 is 15.0 Å². The molecule has 5 nitrogen and oxygen atoms in total. The average molecular weight is 333 g/mol. The Morgan fingerprint density at radius 3 is 2.80 bits per heavy atom. The molecule has 126 valence electrons. The normalized spacial score (nSPS) is 16.3. The average Bonchev–Trinajstić information content (AvgIpc) is 3.14. The lowest BCUT2D eigenvalue weighted by molar-refractivity contribution is 0.0942. The predicted molar refractivity (Wildman–Crippen MR) is 94.1 cm³/mol. The molecule has 3 aromatic rings. The number of nitrogens with one attached hydrogen (secondary N) is 2. The summed E-state index contributed by atoms with van der Waals surface area (Å²) in [5.74, 6) is 0.00613. The highest BCUT2D eigenvalue weighted by atomic mass is 16.5. The molecule has 2 N–H and O–H groups in total. The van der Waals surface area contributed by atoms with E-state index in [1.807, 2.05) is 54.6 Å². The Morgan fingerprint density at radius 2 is 1.92 bits per heavy atom. The second kappa shape index (κ2) is 6.91. The van der Waals surface area contributed by atoms with Crippen LogP contribution in [0.2, 0.25) is 0 Å². The van der Waals surface area contributed by atoms with E-state index in [0.717, 1.165) is 22.6 Å². The first-order valence-corrected chi connectivity index (χ1v) is 8.34. The van der Waals surface area contributed by atoms with Crippen LogP contribution in [-0.4, -0.2) is 22.4 Å². The van der Waals surface area contributed by atoms with Gasteiger partial charge in [0.25, 0.3) is 5.91 Å². The van der Waals surface area contributed by atoms with Crippen molar-refractivity contribution in [2.45, 2.75) is 19.1 Å². The number of fused-ring (bicyclic) bond motifs is 1. The maximum absolute atomic E-state index is 11.9. The summed E-state index contributed by atoms with van der Waals surface area (Å²) in [6.07, 6.45) is 1.80. The van der Waals surface area contributed by atoms with E-state index < -0.39 is 0 Å². The third-order valence-electron chi connectivity index (χ3n) is 4.39. The lowest BCUT2D eigenvalue weighted by Gasteiger charge is -2.23. The number of rotatable bonds is 5. The van der Waals surface area contributed by atoms with Crippen LogP contribution in [0, 0.1) is 0 Å². The second-order valence-corrected chi connectivity index (χ2v) is 6.10. The summed E-state index contributed by atoms with van der Waals surface area (Å²) in [5.41, 5.74) is 4.59. The van der Waals surface area contributed by atoms with Crippen LogP contribution in [-0.2, 0) is 18.0 Å². The monoisotopic (exact) mass is 333 g/mol. The van der Waals surface area contributed by atoms with Crippen molar-refractivity contribution in [3.05, 3.63) is 89.0 Å². The number of nitrogens with zero attached hydrogens (tertiary/aromatic N) is 1. The molecule has 0 bridgehead atoms. The molecule has 25 heavy (non-hydrogen) atoms. The van der Waals surface area contributed by atoms with Crippen molar-refractivity contribution in [1.29, 1.82) is 0 Å². The van der Waals surface area contributed by atoms with Crippen LogP contribution in [0.15, 0.2) is 60.8 Å². The molecular weight excluding hydrogens is 314 g/mol. The Bertz CT molecular complexity index is 873. The fourth-order valence-electron chi connectivity index (χ4n) is 3.13. The Hall–Kier alpha value is -2.92. The van der Waals surface area contributed by atoms with E-state index in [2.05, 4.69) is 10.3 Å². The van der Waals surface area contributed by atoms with Gasteiger partial charge in [-0.1, -0.05) is 36.4 Å². The van der Waals surface area contributed by atoms with E-state index in [0.29, 0.717) is 25.3 Å². The molecule has 1 unspecified atom stereocenters. The van der Waals surface area contributed by atoms with Gasteiger partial charge in [0.1, 0.15) is 0 Å². The van der Waals surface area contributed by atoms with Gasteiger partial charge in [0.05, 0.1) is 36.1 Å². The molecule has 0 spiro atoms. The maximum atomic E-state index is 11.9. The largest absolute Gasteiger partial charge is 0.370 e. The van der Waals surface area contributed by atoms with Gasteiger partial charge in [0.2, 0.25) is 0 Å². The van der Waals surface area contributed by atoms with Crippen molar-refractivity contribution in [3.8, 4) is 0 Å². The first-order chi connectivity index (χ1) is 12.3. The maximum Gasteiger partial charge on any atom is 0.253 e. The molecule has 0 radical (unpaired) electrons. The van der Waals surface area contributed by atoms with Gasteiger partial charge in [-0.15, -0.1) is 0 Å². The minimum absolute atomic E-state index is 0.0325. The van der Waals surface area contributed by atoms with Gasteiger partial charge in [0, 0.05) is 18.4 Å². The van der Waals surface area contributed by atoms with Crippen molar-refractivity contribution >= 4 is 5.91 Å². The van der Waals surface area contributed by atoms with Gasteiger partial charge in [0.15, 0.2) is 0 Å². The van der Waals surface area contributed by atoms with Gasteiger partial charge >= 0.3 is 0 Å². The molecule has 1 aliphatic rings. The molecule has 1 amide bonds. The van der Waals surface area contributed by atoms with Gasteiger partial charge in [-0.05, 0) is 23.8 Å². The first kappa shape index (κ1) is 15.6. The number of amides is 1. The molecule has 1 aliphatic heterocycles. The molecule has 0 fully saturated rings. The first-order valence-electron chi connectivity index (χ1n) is 8.34. The molecule has 0 saturated heterocycles. The van der Waals surface area contributed by atoms with E-state index in [9.17, 15) is 4.79 Å². The summed E-state index contributed by atoms with van der Waals surface area (Å²) in [4.78, 5) is 19.8. The summed E-state index contributed by atoms with van der Waals surface area (Å²) in [5, 5.41) is 2.93. The van der Waals surface area contributed by atoms with Crippen LogP contribution in [0.4, 0.5) is 0 Å². The van der Waals surface area contributed by atoms with Crippen LogP contribution in [0.3, 0.4) is 0 Å². The summed E-state index contributed by atoms with van der Waals surface area (Å²) in [6, 6.07) is 17.8. The van der Waals surface area contributed by atoms with E-state index in [-0.39, 0.29) is 11.8 Å².